The van der Waals surface area contributed by atoms with Crippen molar-refractivity contribution in [2.24, 2.45) is 0 Å². The number of hydrogen-bond acceptors (Lipinski definition) is 4. The average molecular weight is 280 g/mol. The lowest BCUT2D eigenvalue weighted by Crippen LogP contribution is -1.98. The van der Waals surface area contributed by atoms with Crippen LogP contribution in [0.25, 0.3) is 17.0 Å². The van der Waals surface area contributed by atoms with Crippen LogP contribution in [0.4, 0.5) is 5.82 Å². The molecule has 0 aliphatic rings. The summed E-state index contributed by atoms with van der Waals surface area (Å²) >= 11 is 3.44. The molecule has 1 heterocycles. The van der Waals surface area contributed by atoms with Crippen molar-refractivity contribution in [2.75, 3.05) is 12.8 Å². The molecule has 0 saturated carbocycles. The van der Waals surface area contributed by atoms with Crippen LogP contribution >= 0.6 is 15.9 Å². The van der Waals surface area contributed by atoms with Gasteiger partial charge in [0.05, 0.1) is 18.0 Å². The van der Waals surface area contributed by atoms with Crippen molar-refractivity contribution in [2.45, 2.75) is 0 Å². The number of nitrogens with two attached hydrogens (primary N) is 1. The summed E-state index contributed by atoms with van der Waals surface area (Å²) < 4.78 is 6.17. The third kappa shape index (κ3) is 1.53. The molecule has 0 amide bonds. The number of ether oxygens (including phenoxy) is 1. The van der Waals surface area contributed by atoms with Crippen LogP contribution in [0.1, 0.15) is 5.56 Å². The first-order valence-corrected chi connectivity index (χ1v) is 5.37. The summed E-state index contributed by atoms with van der Waals surface area (Å²) in [5, 5.41) is 0.703. The lowest BCUT2D eigenvalue weighted by atomic mass is 10.1. The summed E-state index contributed by atoms with van der Waals surface area (Å²) in [5.41, 5.74) is 7.42. The largest absolute Gasteiger partial charge is 0.495 e. The van der Waals surface area contributed by atoms with Crippen molar-refractivity contribution in [1.29, 1.82) is 0 Å². The number of methoxy groups -OCH3 is 1. The van der Waals surface area contributed by atoms with Gasteiger partial charge in [0.1, 0.15) is 17.9 Å². The zero-order valence-electron chi connectivity index (χ0n) is 8.70. The lowest BCUT2D eigenvalue weighted by Gasteiger charge is -2.11. The number of rotatable bonds is 2. The number of benzene rings is 1. The second-order valence-corrected chi connectivity index (χ2v) is 4.02. The number of hydrogen-bond donors (Lipinski definition) is 1. The highest BCUT2D eigenvalue weighted by Gasteiger charge is 2.13. The van der Waals surface area contributed by atoms with Gasteiger partial charge in [0.15, 0.2) is 0 Å². The summed E-state index contributed by atoms with van der Waals surface area (Å²) in [4.78, 5) is 8.14. The van der Waals surface area contributed by atoms with E-state index < -0.39 is 0 Å². The number of anilines is 1. The lowest BCUT2D eigenvalue weighted by molar-refractivity contribution is 0.419. The SMILES string of the molecule is C=Cc1cc(Br)c2ncnc(N)c2c1OC. The van der Waals surface area contributed by atoms with Crippen molar-refractivity contribution in [3.05, 3.63) is 29.0 Å². The minimum atomic E-state index is 0.395. The molecule has 5 heteroatoms. The Morgan fingerprint density at radius 2 is 2.25 bits per heavy atom. The van der Waals surface area contributed by atoms with Crippen LogP contribution in [0.5, 0.6) is 5.75 Å². The fraction of sp³-hybridized carbons (Fsp3) is 0.0909. The quantitative estimate of drug-likeness (QED) is 0.918. The van der Waals surface area contributed by atoms with Crippen molar-refractivity contribution in [3.63, 3.8) is 0 Å². The smallest absolute Gasteiger partial charge is 0.139 e. The molecule has 0 fully saturated rings. The van der Waals surface area contributed by atoms with Crippen molar-refractivity contribution < 1.29 is 4.74 Å². The number of aromatic nitrogens is 2. The van der Waals surface area contributed by atoms with Gasteiger partial charge in [-0.1, -0.05) is 12.7 Å². The molecule has 16 heavy (non-hydrogen) atoms. The third-order valence-corrected chi connectivity index (χ3v) is 2.90. The van der Waals surface area contributed by atoms with Crippen molar-refractivity contribution in [3.8, 4) is 5.75 Å². The second-order valence-electron chi connectivity index (χ2n) is 3.17. The van der Waals surface area contributed by atoms with Gasteiger partial charge < -0.3 is 10.5 Å². The summed E-state index contributed by atoms with van der Waals surface area (Å²) in [5.74, 6) is 1.04. The fourth-order valence-corrected chi connectivity index (χ4v) is 2.14. The summed E-state index contributed by atoms with van der Waals surface area (Å²) in [6.45, 7) is 3.73. The van der Waals surface area contributed by atoms with Crippen molar-refractivity contribution >= 4 is 38.7 Å². The van der Waals surface area contributed by atoms with E-state index >= 15 is 0 Å². The first-order chi connectivity index (χ1) is 7.69. The Morgan fingerprint density at radius 3 is 2.88 bits per heavy atom. The van der Waals surface area contributed by atoms with E-state index in [1.165, 1.54) is 6.33 Å². The van der Waals surface area contributed by atoms with Crippen molar-refractivity contribution in [1.82, 2.24) is 9.97 Å². The van der Waals surface area contributed by atoms with Gasteiger partial charge in [0.25, 0.3) is 0 Å². The van der Waals surface area contributed by atoms with E-state index in [1.807, 2.05) is 6.07 Å². The molecule has 0 spiro atoms. The van der Waals surface area contributed by atoms with Crippen LogP contribution in [0.3, 0.4) is 0 Å². The second kappa shape index (κ2) is 4.09. The molecule has 0 aliphatic carbocycles. The molecule has 82 valence electrons. The maximum atomic E-state index is 5.84. The van der Waals surface area contributed by atoms with Gasteiger partial charge in [-0.3, -0.25) is 0 Å². The Kier molecular flexibility index (Phi) is 2.78. The first-order valence-electron chi connectivity index (χ1n) is 4.58. The van der Waals surface area contributed by atoms with Crippen LogP contribution < -0.4 is 10.5 Å². The summed E-state index contributed by atoms with van der Waals surface area (Å²) in [7, 11) is 1.59. The predicted octanol–water partition coefficient (Wildman–Crippen LogP) is 2.63. The Morgan fingerprint density at radius 1 is 1.50 bits per heavy atom. The van der Waals surface area contributed by atoms with E-state index in [2.05, 4.69) is 32.5 Å². The van der Waals surface area contributed by atoms with Gasteiger partial charge >= 0.3 is 0 Å². The molecule has 2 rings (SSSR count). The Bertz CT molecular complexity index is 569. The Labute approximate surface area is 101 Å². The molecule has 0 unspecified atom stereocenters. The van der Waals surface area contributed by atoms with E-state index in [4.69, 9.17) is 10.5 Å². The summed E-state index contributed by atoms with van der Waals surface area (Å²) in [6.07, 6.45) is 3.13. The maximum absolute atomic E-state index is 5.84. The topological polar surface area (TPSA) is 61.0 Å². The first kappa shape index (κ1) is 10.9. The average Bonchev–Trinajstić information content (AvgIpc) is 2.29. The van der Waals surface area contributed by atoms with Gasteiger partial charge in [0.2, 0.25) is 0 Å². The fourth-order valence-electron chi connectivity index (χ4n) is 1.59. The molecule has 1 aromatic carbocycles. The molecule has 0 saturated heterocycles. The standard InChI is InChI=1S/C11H10BrN3O/c1-3-6-4-7(12)9-8(10(6)16-2)11(13)15-5-14-9/h3-5H,1H2,2H3,(H2,13,14,15). The highest BCUT2D eigenvalue weighted by atomic mass is 79.9. The Balaban J connectivity index is 2.99. The van der Waals surface area contributed by atoms with Gasteiger partial charge in [-0.25, -0.2) is 9.97 Å². The van der Waals surface area contributed by atoms with E-state index in [-0.39, 0.29) is 0 Å². The highest BCUT2D eigenvalue weighted by Crippen LogP contribution is 2.36. The Hall–Kier alpha value is -1.62. The molecule has 2 aromatic rings. The van der Waals surface area contributed by atoms with Crippen LogP contribution in [0, 0.1) is 0 Å². The molecule has 0 radical (unpaired) electrons. The normalized spacial score (nSPS) is 10.4. The third-order valence-electron chi connectivity index (χ3n) is 2.30. The van der Waals surface area contributed by atoms with Crippen LogP contribution in [-0.2, 0) is 0 Å². The molecular formula is C11H10BrN3O. The van der Waals surface area contributed by atoms with Gasteiger partial charge in [0, 0.05) is 10.0 Å². The van der Waals surface area contributed by atoms with Gasteiger partial charge in [-0.05, 0) is 22.0 Å². The minimum absolute atomic E-state index is 0.395. The molecular weight excluding hydrogens is 270 g/mol. The molecule has 4 nitrogen and oxygen atoms in total. The van der Waals surface area contributed by atoms with Gasteiger partial charge in [-0.15, -0.1) is 0 Å². The van der Waals surface area contributed by atoms with E-state index in [0.29, 0.717) is 17.0 Å². The predicted molar refractivity (Wildman–Crippen MR) is 68.3 cm³/mol. The number of nitrogen functional groups attached to an aromatic ring is 1. The number of fused-ring (bicyclic) bond motifs is 1. The number of nitrogens with zero attached hydrogens (tertiary/aromatic N) is 2. The zero-order valence-corrected chi connectivity index (χ0v) is 10.3. The monoisotopic (exact) mass is 279 g/mol. The maximum Gasteiger partial charge on any atom is 0.139 e. The van der Waals surface area contributed by atoms with Crippen LogP contribution in [0.2, 0.25) is 0 Å². The minimum Gasteiger partial charge on any atom is -0.495 e. The van der Waals surface area contributed by atoms with Crippen LogP contribution in [-0.4, -0.2) is 17.1 Å². The molecule has 0 atom stereocenters. The van der Waals surface area contributed by atoms with Crippen LogP contribution in [0.15, 0.2) is 23.4 Å². The molecule has 0 aliphatic heterocycles. The number of halogens is 1. The van der Waals surface area contributed by atoms with E-state index in [9.17, 15) is 0 Å². The molecule has 2 N–H and O–H groups in total. The van der Waals surface area contributed by atoms with E-state index in [0.717, 1.165) is 15.6 Å². The van der Waals surface area contributed by atoms with E-state index in [1.54, 1.807) is 13.2 Å². The van der Waals surface area contributed by atoms with Gasteiger partial charge in [-0.2, -0.15) is 0 Å². The highest BCUT2D eigenvalue weighted by molar-refractivity contribution is 9.10. The summed E-state index contributed by atoms with van der Waals surface area (Å²) in [6, 6.07) is 1.89. The molecule has 0 bridgehead atoms. The zero-order chi connectivity index (χ0) is 11.7. The molecule has 1 aromatic heterocycles.